The average molecular weight is 1070 g/mol. The van der Waals surface area contributed by atoms with Crippen molar-refractivity contribution in [3.8, 4) is 92.6 Å². The summed E-state index contributed by atoms with van der Waals surface area (Å²) in [5.41, 5.74) is 5.90. The average Bonchev–Trinajstić information content (AvgIpc) is 3.49. The number of nitrogens with zero attached hydrogens (tertiary/aromatic N) is 3. The van der Waals surface area contributed by atoms with Crippen LogP contribution < -0.4 is 28.4 Å². The van der Waals surface area contributed by atoms with Gasteiger partial charge in [0.15, 0.2) is 0 Å². The molecule has 398 valence electrons. The van der Waals surface area contributed by atoms with Crippen LogP contribution in [0, 0.1) is 40.9 Å². The zero-order chi connectivity index (χ0) is 56.9. The first-order valence-corrected chi connectivity index (χ1v) is 26.8. The minimum atomic E-state index is -0.248. The summed E-state index contributed by atoms with van der Waals surface area (Å²) < 4.78 is 36.2. The molecule has 0 aliphatic heterocycles. The minimum absolute atomic E-state index is 0.248. The molecule has 0 spiro atoms. The molecule has 0 aromatic heterocycles. The number of aryl methyl sites for hydroxylation is 1. The van der Waals surface area contributed by atoms with E-state index in [-0.39, 0.29) is 16.5 Å². The molecule has 80 heavy (non-hydrogen) atoms. The summed E-state index contributed by atoms with van der Waals surface area (Å²) in [5, 5.41) is 30.0. The van der Waals surface area contributed by atoms with Crippen molar-refractivity contribution in [1.82, 2.24) is 0 Å². The van der Waals surface area contributed by atoms with Crippen LogP contribution in [0.3, 0.4) is 0 Å². The summed E-state index contributed by atoms with van der Waals surface area (Å²) in [7, 11) is 1.66. The summed E-state index contributed by atoms with van der Waals surface area (Å²) in [6.45, 7) is 17.3. The second-order valence-corrected chi connectivity index (χ2v) is 19.6. The zero-order valence-corrected chi connectivity index (χ0v) is 46.6. The molecule has 0 aliphatic rings. The van der Waals surface area contributed by atoms with Gasteiger partial charge in [-0.25, -0.2) is 0 Å². The second kappa shape index (κ2) is 28.5. The Labute approximate surface area is 474 Å². The second-order valence-electron chi connectivity index (χ2n) is 18.4. The Morgan fingerprint density at radius 3 is 0.988 bits per heavy atom. The van der Waals surface area contributed by atoms with Crippen molar-refractivity contribution in [2.45, 2.75) is 62.7 Å². The molecular formula is C70H61N3O6S. The lowest BCUT2D eigenvalue weighted by atomic mass is 9.78. The molecule has 0 aliphatic carbocycles. The van der Waals surface area contributed by atoms with Gasteiger partial charge in [-0.2, -0.15) is 15.8 Å². The van der Waals surface area contributed by atoms with E-state index in [4.69, 9.17) is 28.4 Å². The highest BCUT2D eigenvalue weighted by Gasteiger charge is 2.24. The predicted molar refractivity (Wildman–Crippen MR) is 320 cm³/mol. The van der Waals surface area contributed by atoms with Crippen molar-refractivity contribution in [1.29, 1.82) is 15.8 Å². The lowest BCUT2D eigenvalue weighted by Crippen LogP contribution is -2.18. The molecule has 0 fully saturated rings. The van der Waals surface area contributed by atoms with Gasteiger partial charge in [0, 0.05) is 15.2 Å². The summed E-state index contributed by atoms with van der Waals surface area (Å²) in [6.07, 6.45) is 5.92. The van der Waals surface area contributed by atoms with Gasteiger partial charge in [0.2, 0.25) is 0 Å². The van der Waals surface area contributed by atoms with E-state index < -0.39 is 0 Å². The van der Waals surface area contributed by atoms with Gasteiger partial charge in [-0.05, 0) is 175 Å². The number of hydrogen-bond acceptors (Lipinski definition) is 10. The van der Waals surface area contributed by atoms with E-state index in [1.165, 1.54) is 0 Å². The molecule has 0 atom stereocenters. The number of allylic oxidation sites excluding steroid dienone is 2. The third-order valence-electron chi connectivity index (χ3n) is 12.6. The van der Waals surface area contributed by atoms with E-state index in [9.17, 15) is 15.8 Å². The Kier molecular flexibility index (Phi) is 20.5. The summed E-state index contributed by atoms with van der Waals surface area (Å²) in [4.78, 5) is 1.96. The van der Waals surface area contributed by atoms with Gasteiger partial charge in [0.05, 0.1) is 12.7 Å². The molecule has 0 bridgehead atoms. The highest BCUT2D eigenvalue weighted by Crippen LogP contribution is 2.40. The maximum atomic E-state index is 10.2. The molecular weight excluding hydrogens is 1010 g/mol. The first-order valence-electron chi connectivity index (χ1n) is 25.9. The fourth-order valence-electron chi connectivity index (χ4n) is 7.92. The Morgan fingerprint density at radius 1 is 0.412 bits per heavy atom. The topological polar surface area (TPSA) is 127 Å². The lowest BCUT2D eigenvalue weighted by Gasteiger charge is -2.26. The number of rotatable bonds is 18. The normalized spacial score (nSPS) is 10.3. The number of ether oxygens (including phenoxy) is 6. The smallest absolute Gasteiger partial charge is 0.149 e. The molecule has 0 heterocycles. The largest absolute Gasteiger partial charge is 0.497 e. The Hall–Kier alpha value is -9.92. The minimum Gasteiger partial charge on any atom is -0.497 e. The van der Waals surface area contributed by atoms with Gasteiger partial charge in [0.1, 0.15) is 92.6 Å². The molecule has 0 N–H and O–H groups in total. The summed E-state index contributed by atoms with van der Waals surface area (Å²) in [6, 6.07) is 69.3. The lowest BCUT2D eigenvalue weighted by molar-refractivity contribution is 0.414. The third kappa shape index (κ3) is 15.2. The number of methoxy groups -OCH3 is 1. The van der Waals surface area contributed by atoms with E-state index in [1.807, 2.05) is 165 Å². The van der Waals surface area contributed by atoms with Gasteiger partial charge in [-0.1, -0.05) is 124 Å². The molecule has 9 nitrogen and oxygen atoms in total. The van der Waals surface area contributed by atoms with Gasteiger partial charge in [-0.15, -0.1) is 13.2 Å². The van der Waals surface area contributed by atoms with E-state index in [1.54, 1.807) is 61.3 Å². The predicted octanol–water partition coefficient (Wildman–Crippen LogP) is 19.9. The molecule has 0 saturated heterocycles. The van der Waals surface area contributed by atoms with Crippen LogP contribution >= 0.6 is 11.8 Å². The van der Waals surface area contributed by atoms with E-state index >= 15 is 0 Å². The van der Waals surface area contributed by atoms with Crippen molar-refractivity contribution in [2.75, 3.05) is 7.11 Å². The molecule has 10 heteroatoms. The number of nitriles is 3. The first kappa shape index (κ1) is 57.8. The van der Waals surface area contributed by atoms with Gasteiger partial charge in [-0.3, -0.25) is 0 Å². The molecule has 0 amide bonds. The molecule has 9 rings (SSSR count). The van der Waals surface area contributed by atoms with Crippen LogP contribution in [0.1, 0.15) is 73.9 Å². The standard InChI is InChI=1S/C62H45N3O6S.2C4H8/c1-41-8-5-9-57(54(41)38-63)67-47-22-14-42(15-23-47)43-16-24-48(25-17-43)68-58-10-6-12-60(55(58)39-64)70-50-30-34-52(35-31-50)72-53-36-32-51(33-37-53)71-61-13-7-11-59(56(61)40-65)69-49-28-20-45(21-29-49)62(2,3)44-18-26-46(66-4)27-19-44;2*1-3-4-2/h5-37H,1-4H3;2*3H,1,4H2,2H3. The van der Waals surface area contributed by atoms with Gasteiger partial charge < -0.3 is 28.4 Å². The molecule has 0 saturated carbocycles. The van der Waals surface area contributed by atoms with Crippen LogP contribution in [0.25, 0.3) is 11.1 Å². The van der Waals surface area contributed by atoms with Crippen molar-refractivity contribution < 1.29 is 28.4 Å². The Bertz CT molecular complexity index is 3620. The van der Waals surface area contributed by atoms with Crippen LogP contribution in [-0.4, -0.2) is 7.11 Å². The SMILES string of the molecule is C=CCC.C=CCC.COc1ccc(C(C)(C)c2ccc(Oc3cccc(Oc4ccc(Sc5ccc(Oc6cccc(Oc7ccc(-c8ccc(Oc9cccc(C)c9C#N)cc8)cc7)c6C#N)cc5)cc4)c3C#N)cc2)cc1. The van der Waals surface area contributed by atoms with E-state index in [2.05, 4.69) is 71.2 Å². The van der Waals surface area contributed by atoms with Gasteiger partial charge >= 0.3 is 0 Å². The third-order valence-corrected chi connectivity index (χ3v) is 13.6. The highest BCUT2D eigenvalue weighted by molar-refractivity contribution is 7.99. The monoisotopic (exact) mass is 1070 g/mol. The molecule has 0 radical (unpaired) electrons. The van der Waals surface area contributed by atoms with Crippen LogP contribution in [-0.2, 0) is 5.41 Å². The molecule has 9 aromatic carbocycles. The maximum Gasteiger partial charge on any atom is 0.149 e. The first-order chi connectivity index (χ1) is 38.9. The van der Waals surface area contributed by atoms with Crippen LogP contribution in [0.4, 0.5) is 0 Å². The fraction of sp³-hybridized carbons (Fsp3) is 0.129. The maximum absolute atomic E-state index is 10.2. The molecule has 9 aromatic rings. The zero-order valence-electron chi connectivity index (χ0n) is 45.7. The Morgan fingerprint density at radius 2 is 0.688 bits per heavy atom. The highest BCUT2D eigenvalue weighted by atomic mass is 32.2. The van der Waals surface area contributed by atoms with E-state index in [0.717, 1.165) is 56.2 Å². The number of benzene rings is 9. The van der Waals surface area contributed by atoms with Crippen LogP contribution in [0.2, 0.25) is 0 Å². The van der Waals surface area contributed by atoms with Crippen LogP contribution in [0.5, 0.6) is 63.2 Å². The van der Waals surface area contributed by atoms with Crippen molar-refractivity contribution in [2.24, 2.45) is 0 Å². The molecule has 0 unspecified atom stereocenters. The fourth-order valence-corrected chi connectivity index (χ4v) is 8.74. The van der Waals surface area contributed by atoms with Crippen molar-refractivity contribution in [3.05, 3.63) is 259 Å². The quantitative estimate of drug-likeness (QED) is 0.0767. The van der Waals surface area contributed by atoms with Crippen molar-refractivity contribution >= 4 is 11.8 Å². The van der Waals surface area contributed by atoms with Crippen molar-refractivity contribution in [3.63, 3.8) is 0 Å². The van der Waals surface area contributed by atoms with Gasteiger partial charge in [0.25, 0.3) is 0 Å². The summed E-state index contributed by atoms with van der Waals surface area (Å²) >= 11 is 1.57. The van der Waals surface area contributed by atoms with Crippen LogP contribution in [0.15, 0.2) is 235 Å². The number of hydrogen-bond donors (Lipinski definition) is 0. The Balaban J connectivity index is 0.00000108. The summed E-state index contributed by atoms with van der Waals surface area (Å²) in [5.74, 6) is 5.78. The van der Waals surface area contributed by atoms with E-state index in [0.29, 0.717) is 63.1 Å².